The summed E-state index contributed by atoms with van der Waals surface area (Å²) in [6.07, 6.45) is 2.45. The Labute approximate surface area is 132 Å². The normalized spacial score (nSPS) is 15.2. The molecule has 1 aromatic carbocycles. The Morgan fingerprint density at radius 3 is 2.71 bits per heavy atom. The van der Waals surface area contributed by atoms with Crippen molar-refractivity contribution in [1.82, 2.24) is 4.90 Å². The molecule has 1 fully saturated rings. The first-order chi connectivity index (χ1) is 9.65. The zero-order valence-electron chi connectivity index (χ0n) is 12.5. The van der Waals surface area contributed by atoms with Gasteiger partial charge in [0.1, 0.15) is 5.75 Å². The third kappa shape index (κ3) is 4.88. The number of carbonyl (C=O) groups is 1. The number of hydrogen-bond donors (Lipinski definition) is 2. The van der Waals surface area contributed by atoms with Crippen LogP contribution in [0.1, 0.15) is 12.8 Å². The highest BCUT2D eigenvalue weighted by atomic mass is 35.5. The predicted octanol–water partition coefficient (Wildman–Crippen LogP) is 1.72. The van der Waals surface area contributed by atoms with Gasteiger partial charge in [-0.05, 0) is 37.9 Å². The van der Waals surface area contributed by atoms with E-state index < -0.39 is 0 Å². The zero-order valence-corrected chi connectivity index (χ0v) is 13.4. The van der Waals surface area contributed by atoms with Crippen molar-refractivity contribution >= 4 is 24.0 Å². The Bertz CT molecular complexity index is 466. The summed E-state index contributed by atoms with van der Waals surface area (Å²) in [4.78, 5) is 14.1. The molecular weight excluding hydrogens is 290 g/mol. The number of halogens is 1. The van der Waals surface area contributed by atoms with Crippen molar-refractivity contribution in [2.24, 2.45) is 11.7 Å². The SMILES string of the molecule is COc1ccccc1NC(=O)CN(C)C(CN)C1CC1.Cl. The molecule has 0 spiro atoms. The fourth-order valence-electron chi connectivity index (χ4n) is 2.49. The Balaban J connectivity index is 0.00000220. The number of amides is 1. The van der Waals surface area contributed by atoms with Gasteiger partial charge in [-0.25, -0.2) is 0 Å². The Morgan fingerprint density at radius 2 is 2.14 bits per heavy atom. The number of hydrogen-bond acceptors (Lipinski definition) is 4. The number of anilines is 1. The first kappa shape index (κ1) is 17.8. The Morgan fingerprint density at radius 1 is 1.48 bits per heavy atom. The summed E-state index contributed by atoms with van der Waals surface area (Å²) < 4.78 is 5.22. The van der Waals surface area contributed by atoms with Gasteiger partial charge >= 0.3 is 0 Å². The van der Waals surface area contributed by atoms with Crippen LogP contribution in [0.4, 0.5) is 5.69 Å². The first-order valence-corrected chi connectivity index (χ1v) is 6.99. The van der Waals surface area contributed by atoms with Crippen LogP contribution in [-0.2, 0) is 4.79 Å². The van der Waals surface area contributed by atoms with Crippen molar-refractivity contribution in [3.63, 3.8) is 0 Å². The number of likely N-dealkylation sites (N-methyl/N-ethyl adjacent to an activating group) is 1. The molecule has 0 saturated heterocycles. The molecule has 5 nitrogen and oxygen atoms in total. The molecule has 1 unspecified atom stereocenters. The summed E-state index contributed by atoms with van der Waals surface area (Å²) in [5.74, 6) is 1.28. The van der Waals surface area contributed by atoms with Gasteiger partial charge in [0, 0.05) is 12.6 Å². The molecule has 1 aliphatic carbocycles. The van der Waals surface area contributed by atoms with E-state index in [0.717, 1.165) is 0 Å². The molecule has 1 aromatic rings. The molecule has 0 heterocycles. The second-order valence-corrected chi connectivity index (χ2v) is 5.30. The highest BCUT2D eigenvalue weighted by molar-refractivity contribution is 5.93. The average Bonchev–Trinajstić information content (AvgIpc) is 3.24. The molecule has 0 aromatic heterocycles. The van der Waals surface area contributed by atoms with Gasteiger partial charge in [0.25, 0.3) is 0 Å². The van der Waals surface area contributed by atoms with Crippen LogP contribution in [0.5, 0.6) is 5.75 Å². The van der Waals surface area contributed by atoms with Crippen molar-refractivity contribution in [1.29, 1.82) is 0 Å². The van der Waals surface area contributed by atoms with Gasteiger partial charge in [-0.15, -0.1) is 12.4 Å². The topological polar surface area (TPSA) is 67.6 Å². The highest BCUT2D eigenvalue weighted by Crippen LogP contribution is 2.34. The van der Waals surface area contributed by atoms with E-state index in [9.17, 15) is 4.79 Å². The molecule has 2 rings (SSSR count). The lowest BCUT2D eigenvalue weighted by Crippen LogP contribution is -2.43. The molecule has 1 atom stereocenters. The minimum atomic E-state index is -0.0453. The van der Waals surface area contributed by atoms with Crippen LogP contribution in [0, 0.1) is 5.92 Å². The zero-order chi connectivity index (χ0) is 14.5. The van der Waals surface area contributed by atoms with E-state index in [1.165, 1.54) is 12.8 Å². The van der Waals surface area contributed by atoms with Crippen LogP contribution in [0.25, 0.3) is 0 Å². The Hall–Kier alpha value is -1.30. The molecule has 118 valence electrons. The van der Waals surface area contributed by atoms with Gasteiger partial charge in [-0.3, -0.25) is 9.69 Å². The van der Waals surface area contributed by atoms with E-state index in [-0.39, 0.29) is 18.3 Å². The molecule has 6 heteroatoms. The molecule has 21 heavy (non-hydrogen) atoms. The molecule has 0 bridgehead atoms. The van der Waals surface area contributed by atoms with Gasteiger partial charge in [0.05, 0.1) is 19.3 Å². The van der Waals surface area contributed by atoms with Crippen LogP contribution in [0.15, 0.2) is 24.3 Å². The Kier molecular flexibility index (Phi) is 6.95. The van der Waals surface area contributed by atoms with Gasteiger partial charge in [0.2, 0.25) is 5.91 Å². The second-order valence-electron chi connectivity index (χ2n) is 5.30. The van der Waals surface area contributed by atoms with Crippen LogP contribution in [-0.4, -0.2) is 44.1 Å². The number of nitrogens with one attached hydrogen (secondary N) is 1. The molecule has 0 aliphatic heterocycles. The number of benzene rings is 1. The largest absolute Gasteiger partial charge is 0.495 e. The van der Waals surface area contributed by atoms with Crippen molar-refractivity contribution < 1.29 is 9.53 Å². The van der Waals surface area contributed by atoms with Gasteiger partial charge in [-0.1, -0.05) is 12.1 Å². The van der Waals surface area contributed by atoms with Crippen LogP contribution in [0.2, 0.25) is 0 Å². The lowest BCUT2D eigenvalue weighted by Gasteiger charge is -2.26. The number of carbonyl (C=O) groups excluding carboxylic acids is 1. The highest BCUT2D eigenvalue weighted by Gasteiger charge is 2.33. The third-order valence-electron chi connectivity index (χ3n) is 3.75. The van der Waals surface area contributed by atoms with Crippen molar-refractivity contribution in [2.45, 2.75) is 18.9 Å². The number of para-hydroxylation sites is 2. The van der Waals surface area contributed by atoms with Gasteiger partial charge in [0.15, 0.2) is 0 Å². The van der Waals surface area contributed by atoms with Gasteiger partial charge in [-0.2, -0.15) is 0 Å². The maximum atomic E-state index is 12.1. The monoisotopic (exact) mass is 313 g/mol. The molecular formula is C15H24ClN3O2. The second kappa shape index (κ2) is 8.22. The maximum absolute atomic E-state index is 12.1. The fourth-order valence-corrected chi connectivity index (χ4v) is 2.49. The summed E-state index contributed by atoms with van der Waals surface area (Å²) in [7, 11) is 3.55. The number of methoxy groups -OCH3 is 1. The maximum Gasteiger partial charge on any atom is 0.238 e. The summed E-state index contributed by atoms with van der Waals surface area (Å²) in [6, 6.07) is 7.70. The predicted molar refractivity (Wildman–Crippen MR) is 87.1 cm³/mol. The molecule has 3 N–H and O–H groups in total. The molecule has 1 saturated carbocycles. The smallest absolute Gasteiger partial charge is 0.238 e. The number of rotatable bonds is 7. The van der Waals surface area contributed by atoms with E-state index in [4.69, 9.17) is 10.5 Å². The van der Waals surface area contributed by atoms with E-state index in [2.05, 4.69) is 5.32 Å². The molecule has 1 amide bonds. The average molecular weight is 314 g/mol. The lowest BCUT2D eigenvalue weighted by atomic mass is 10.1. The minimum absolute atomic E-state index is 0. The first-order valence-electron chi connectivity index (χ1n) is 6.99. The van der Waals surface area contributed by atoms with Gasteiger partial charge < -0.3 is 15.8 Å². The number of nitrogens with zero attached hydrogens (tertiary/aromatic N) is 1. The molecule has 1 aliphatic rings. The minimum Gasteiger partial charge on any atom is -0.495 e. The standard InChI is InChI=1S/C15H23N3O2.ClH/c1-18(13(9-16)11-7-8-11)10-15(19)17-12-5-3-4-6-14(12)20-2;/h3-6,11,13H,7-10,16H2,1-2H3,(H,17,19);1H. The van der Waals surface area contributed by atoms with E-state index in [0.29, 0.717) is 36.5 Å². The third-order valence-corrected chi connectivity index (χ3v) is 3.75. The fraction of sp³-hybridized carbons (Fsp3) is 0.533. The summed E-state index contributed by atoms with van der Waals surface area (Å²) in [5, 5.41) is 2.88. The molecule has 0 radical (unpaired) electrons. The van der Waals surface area contributed by atoms with Crippen molar-refractivity contribution in [2.75, 3.05) is 32.6 Å². The van der Waals surface area contributed by atoms with Crippen LogP contribution >= 0.6 is 12.4 Å². The number of ether oxygens (including phenoxy) is 1. The van der Waals surface area contributed by atoms with Crippen LogP contribution in [0.3, 0.4) is 0 Å². The number of nitrogens with two attached hydrogens (primary N) is 1. The van der Waals surface area contributed by atoms with E-state index >= 15 is 0 Å². The summed E-state index contributed by atoms with van der Waals surface area (Å²) in [5.41, 5.74) is 6.49. The van der Waals surface area contributed by atoms with Crippen molar-refractivity contribution in [3.8, 4) is 5.75 Å². The summed E-state index contributed by atoms with van der Waals surface area (Å²) in [6.45, 7) is 0.944. The van der Waals surface area contributed by atoms with E-state index in [1.54, 1.807) is 7.11 Å². The van der Waals surface area contributed by atoms with Crippen LogP contribution < -0.4 is 15.8 Å². The quantitative estimate of drug-likeness (QED) is 0.804. The lowest BCUT2D eigenvalue weighted by molar-refractivity contribution is -0.117. The summed E-state index contributed by atoms with van der Waals surface area (Å²) >= 11 is 0. The van der Waals surface area contributed by atoms with Crippen molar-refractivity contribution in [3.05, 3.63) is 24.3 Å². The van der Waals surface area contributed by atoms with E-state index in [1.807, 2.05) is 36.2 Å².